The number of benzene rings is 2. The number of nitrogens with zero attached hydrogens (tertiary/aromatic N) is 1. The van der Waals surface area contributed by atoms with Gasteiger partial charge in [-0.2, -0.15) is 0 Å². The van der Waals surface area contributed by atoms with Crippen LogP contribution >= 0.6 is 0 Å². The third-order valence-corrected chi connectivity index (χ3v) is 6.15. The Kier molecular flexibility index (Phi) is 6.25. The summed E-state index contributed by atoms with van der Waals surface area (Å²) in [6, 6.07) is 17.7. The number of carbonyl (C=O) groups is 2. The van der Waals surface area contributed by atoms with E-state index in [9.17, 15) is 9.59 Å². The van der Waals surface area contributed by atoms with E-state index >= 15 is 0 Å². The summed E-state index contributed by atoms with van der Waals surface area (Å²) in [6.45, 7) is 4.44. The van der Waals surface area contributed by atoms with Crippen molar-refractivity contribution in [2.24, 2.45) is 5.92 Å². The van der Waals surface area contributed by atoms with Crippen LogP contribution in [0.3, 0.4) is 0 Å². The first kappa shape index (κ1) is 19.6. The van der Waals surface area contributed by atoms with Gasteiger partial charge in [-0.3, -0.25) is 9.59 Å². The summed E-state index contributed by atoms with van der Waals surface area (Å²) in [5.74, 6) is 0.372. The molecule has 0 bridgehead atoms. The Hall–Kier alpha value is -2.66. The van der Waals surface area contributed by atoms with E-state index in [0.29, 0.717) is 6.54 Å². The molecule has 2 aliphatic rings. The van der Waals surface area contributed by atoms with Crippen LogP contribution in [0, 0.1) is 5.92 Å². The van der Waals surface area contributed by atoms with Crippen LogP contribution in [-0.2, 0) is 4.79 Å². The number of rotatable bonds is 6. The topological polar surface area (TPSA) is 53.9 Å². The van der Waals surface area contributed by atoms with Crippen LogP contribution < -0.4 is 15.1 Å². The van der Waals surface area contributed by atoms with Crippen molar-refractivity contribution in [3.63, 3.8) is 0 Å². The molecule has 1 amide bonds. The number of quaternary nitrogens is 1. The molecule has 29 heavy (non-hydrogen) atoms. The zero-order chi connectivity index (χ0) is 20.1. The second kappa shape index (κ2) is 9.23. The van der Waals surface area contributed by atoms with Crippen molar-refractivity contribution in [2.75, 3.05) is 42.9 Å². The molecular formula is C24H30N3O2+. The van der Waals surface area contributed by atoms with Crippen LogP contribution in [0.5, 0.6) is 0 Å². The Labute approximate surface area is 172 Å². The van der Waals surface area contributed by atoms with E-state index in [2.05, 4.69) is 22.3 Å². The molecule has 0 radical (unpaired) electrons. The lowest BCUT2D eigenvalue weighted by molar-refractivity contribution is -0.897. The van der Waals surface area contributed by atoms with Gasteiger partial charge in [0.15, 0.2) is 12.3 Å². The number of anilines is 2. The molecule has 0 aromatic heterocycles. The Morgan fingerprint density at radius 2 is 1.59 bits per heavy atom. The van der Waals surface area contributed by atoms with Gasteiger partial charge in [-0.25, -0.2) is 0 Å². The normalized spacial score (nSPS) is 21.7. The molecule has 4 rings (SSSR count). The first-order valence-corrected chi connectivity index (χ1v) is 10.8. The summed E-state index contributed by atoms with van der Waals surface area (Å²) in [5.41, 5.74) is 2.89. The van der Waals surface area contributed by atoms with Crippen molar-refractivity contribution in [2.45, 2.75) is 25.7 Å². The number of Topliss-reactive ketones (excluding diaryl/α,β-unsaturated/α-hetero) is 1. The van der Waals surface area contributed by atoms with Gasteiger partial charge in [0.25, 0.3) is 5.91 Å². The molecule has 2 heterocycles. The standard InChI is InChI=1S/C24H29N3O2/c28-23(25-21-8-10-22(11-9-21)27-14-4-5-15-27)18-26-16-12-20(13-17-26)24(29)19-6-2-1-3-7-19/h1-3,6-11,20H,4-5,12-18H2,(H,25,28)/p+1. The molecule has 152 valence electrons. The SMILES string of the molecule is O=C(C[NH+]1CCC(C(=O)c2ccccc2)CC1)Nc1ccc(N2CCCC2)cc1. The number of amides is 1. The van der Waals surface area contributed by atoms with Gasteiger partial charge in [0, 0.05) is 48.8 Å². The van der Waals surface area contributed by atoms with E-state index in [1.807, 2.05) is 42.5 Å². The number of likely N-dealkylation sites (tertiary alicyclic amines) is 1. The van der Waals surface area contributed by atoms with E-state index in [4.69, 9.17) is 0 Å². The fraction of sp³-hybridized carbons (Fsp3) is 0.417. The number of hydrogen-bond acceptors (Lipinski definition) is 3. The van der Waals surface area contributed by atoms with Crippen molar-refractivity contribution in [1.29, 1.82) is 0 Å². The van der Waals surface area contributed by atoms with Crippen LogP contribution in [-0.4, -0.2) is 44.4 Å². The Bertz CT molecular complexity index is 821. The smallest absolute Gasteiger partial charge is 0.279 e. The maximum Gasteiger partial charge on any atom is 0.279 e. The molecule has 5 nitrogen and oxygen atoms in total. The lowest BCUT2D eigenvalue weighted by atomic mass is 9.89. The summed E-state index contributed by atoms with van der Waals surface area (Å²) in [7, 11) is 0. The number of hydrogen-bond donors (Lipinski definition) is 2. The minimum absolute atomic E-state index is 0.0433. The average molecular weight is 393 g/mol. The summed E-state index contributed by atoms with van der Waals surface area (Å²) >= 11 is 0. The van der Waals surface area contributed by atoms with Gasteiger partial charge in [-0.15, -0.1) is 0 Å². The molecule has 2 aliphatic heterocycles. The fourth-order valence-corrected chi connectivity index (χ4v) is 4.47. The fourth-order valence-electron chi connectivity index (χ4n) is 4.47. The Balaban J connectivity index is 1.23. The zero-order valence-electron chi connectivity index (χ0n) is 16.9. The lowest BCUT2D eigenvalue weighted by Crippen LogP contribution is -3.14. The van der Waals surface area contributed by atoms with Crippen molar-refractivity contribution in [3.8, 4) is 0 Å². The van der Waals surface area contributed by atoms with Crippen LogP contribution in [0.1, 0.15) is 36.0 Å². The number of piperidine rings is 1. The quantitative estimate of drug-likeness (QED) is 0.743. The summed E-state index contributed by atoms with van der Waals surface area (Å²) in [5, 5.41) is 3.02. The number of nitrogens with one attached hydrogen (secondary N) is 2. The maximum atomic E-state index is 12.6. The average Bonchev–Trinajstić information content (AvgIpc) is 3.30. The van der Waals surface area contributed by atoms with Gasteiger partial charge in [0.1, 0.15) is 0 Å². The summed E-state index contributed by atoms with van der Waals surface area (Å²) in [4.78, 5) is 28.7. The molecule has 2 saturated heterocycles. The van der Waals surface area contributed by atoms with E-state index in [0.717, 1.165) is 50.3 Å². The Morgan fingerprint density at radius 1 is 0.931 bits per heavy atom. The summed E-state index contributed by atoms with van der Waals surface area (Å²) in [6.07, 6.45) is 4.21. The highest BCUT2D eigenvalue weighted by atomic mass is 16.2. The molecule has 0 spiro atoms. The molecule has 0 atom stereocenters. The molecule has 2 aromatic rings. The van der Waals surface area contributed by atoms with Crippen LogP contribution in [0.15, 0.2) is 54.6 Å². The third-order valence-electron chi connectivity index (χ3n) is 6.15. The second-order valence-corrected chi connectivity index (χ2v) is 8.22. The van der Waals surface area contributed by atoms with Crippen molar-refractivity contribution in [3.05, 3.63) is 60.2 Å². The van der Waals surface area contributed by atoms with Crippen molar-refractivity contribution in [1.82, 2.24) is 0 Å². The molecule has 0 saturated carbocycles. The molecular weight excluding hydrogens is 362 g/mol. The lowest BCUT2D eigenvalue weighted by Gasteiger charge is -2.28. The number of carbonyl (C=O) groups excluding carboxylic acids is 2. The minimum atomic E-state index is 0.0433. The van der Waals surface area contributed by atoms with Crippen molar-refractivity contribution >= 4 is 23.1 Å². The van der Waals surface area contributed by atoms with Crippen LogP contribution in [0.25, 0.3) is 0 Å². The molecule has 0 aliphatic carbocycles. The third kappa shape index (κ3) is 5.04. The Morgan fingerprint density at radius 3 is 2.24 bits per heavy atom. The van der Waals surface area contributed by atoms with E-state index in [1.165, 1.54) is 23.4 Å². The number of ketones is 1. The second-order valence-electron chi connectivity index (χ2n) is 8.22. The monoisotopic (exact) mass is 392 g/mol. The molecule has 2 fully saturated rings. The van der Waals surface area contributed by atoms with E-state index in [-0.39, 0.29) is 17.6 Å². The first-order chi connectivity index (χ1) is 14.2. The van der Waals surface area contributed by atoms with Gasteiger partial charge in [-0.05, 0) is 37.1 Å². The van der Waals surface area contributed by atoms with Crippen molar-refractivity contribution < 1.29 is 14.5 Å². The molecule has 2 N–H and O–H groups in total. The highest BCUT2D eigenvalue weighted by Gasteiger charge is 2.29. The van der Waals surface area contributed by atoms with Gasteiger partial charge >= 0.3 is 0 Å². The highest BCUT2D eigenvalue weighted by molar-refractivity contribution is 5.97. The largest absolute Gasteiger partial charge is 0.372 e. The molecule has 5 heteroatoms. The van der Waals surface area contributed by atoms with E-state index < -0.39 is 0 Å². The molecule has 2 aromatic carbocycles. The predicted octanol–water partition coefficient (Wildman–Crippen LogP) is 2.40. The highest BCUT2D eigenvalue weighted by Crippen LogP contribution is 2.22. The van der Waals surface area contributed by atoms with Gasteiger partial charge in [0.05, 0.1) is 13.1 Å². The van der Waals surface area contributed by atoms with Gasteiger partial charge < -0.3 is 15.1 Å². The minimum Gasteiger partial charge on any atom is -0.372 e. The van der Waals surface area contributed by atoms with Gasteiger partial charge in [0.2, 0.25) is 0 Å². The maximum absolute atomic E-state index is 12.6. The summed E-state index contributed by atoms with van der Waals surface area (Å²) < 4.78 is 0. The van der Waals surface area contributed by atoms with Gasteiger partial charge in [-0.1, -0.05) is 30.3 Å². The zero-order valence-corrected chi connectivity index (χ0v) is 16.9. The van der Waals surface area contributed by atoms with Crippen LogP contribution in [0.4, 0.5) is 11.4 Å². The molecule has 0 unspecified atom stereocenters. The predicted molar refractivity (Wildman–Crippen MR) is 116 cm³/mol. The van der Waals surface area contributed by atoms with Crippen LogP contribution in [0.2, 0.25) is 0 Å². The van der Waals surface area contributed by atoms with E-state index in [1.54, 1.807) is 0 Å². The first-order valence-electron chi connectivity index (χ1n) is 10.8.